The van der Waals surface area contributed by atoms with Crippen molar-refractivity contribution >= 4 is 5.69 Å². The zero-order valence-corrected chi connectivity index (χ0v) is 12.8. The van der Waals surface area contributed by atoms with E-state index in [9.17, 15) is 0 Å². The molecule has 5 nitrogen and oxygen atoms in total. The van der Waals surface area contributed by atoms with Crippen LogP contribution in [0.25, 0.3) is 10.4 Å². The minimum atomic E-state index is 0.615. The van der Waals surface area contributed by atoms with Gasteiger partial charge in [-0.15, -0.1) is 0 Å². The second kappa shape index (κ2) is 7.91. The summed E-state index contributed by atoms with van der Waals surface area (Å²) in [5.74, 6) is 2.95. The van der Waals surface area contributed by atoms with Crippen LogP contribution in [0.15, 0.2) is 29.4 Å². The van der Waals surface area contributed by atoms with Crippen LogP contribution in [0, 0.1) is 11.8 Å². The quantitative estimate of drug-likeness (QED) is 0.444. The molecule has 1 aromatic rings. The largest absolute Gasteiger partial charge is 0.493 e. The maximum absolute atomic E-state index is 8.36. The Morgan fingerprint density at radius 2 is 1.95 bits per heavy atom. The van der Waals surface area contributed by atoms with E-state index in [2.05, 4.69) is 28.8 Å². The van der Waals surface area contributed by atoms with Crippen LogP contribution in [0.3, 0.4) is 0 Å². The molecular weight excluding hydrogens is 264 g/mol. The third kappa shape index (κ3) is 5.29. The third-order valence-corrected chi connectivity index (χ3v) is 3.73. The summed E-state index contributed by atoms with van der Waals surface area (Å²) in [4.78, 5) is 5.27. The van der Waals surface area contributed by atoms with Crippen molar-refractivity contribution in [1.29, 1.82) is 0 Å². The number of azide groups is 1. The summed E-state index contributed by atoms with van der Waals surface area (Å²) in [5.41, 5.74) is 8.98. The van der Waals surface area contributed by atoms with Gasteiger partial charge in [0.15, 0.2) is 0 Å². The molecule has 0 aromatic heterocycles. The SMILES string of the molecule is C[C](C)CN1CCC(COc2ccc(N=[N+]=[N-])cc2)CC1. The number of likely N-dealkylation sites (tertiary alicyclic amines) is 1. The molecule has 0 N–H and O–H groups in total. The average Bonchev–Trinajstić information content (AvgIpc) is 2.48. The number of piperidine rings is 1. The van der Waals surface area contributed by atoms with E-state index >= 15 is 0 Å². The summed E-state index contributed by atoms with van der Waals surface area (Å²) >= 11 is 0. The summed E-state index contributed by atoms with van der Waals surface area (Å²) in [5, 5.41) is 3.55. The average molecular weight is 287 g/mol. The molecule has 1 aliphatic rings. The number of ether oxygens (including phenoxy) is 1. The maximum Gasteiger partial charge on any atom is 0.119 e. The molecule has 5 heteroatoms. The molecule has 21 heavy (non-hydrogen) atoms. The minimum Gasteiger partial charge on any atom is -0.493 e. The second-order valence-corrected chi connectivity index (χ2v) is 5.92. The van der Waals surface area contributed by atoms with E-state index in [4.69, 9.17) is 10.3 Å². The standard InChI is InChI=1S/C16H23N4O/c1-13(2)11-20-9-7-14(8-10-20)12-21-16-5-3-15(4-6-16)18-19-17/h3-6,14H,7-12H2,1-2H3. The zero-order valence-electron chi connectivity index (χ0n) is 12.8. The molecule has 0 atom stereocenters. The molecule has 1 fully saturated rings. The summed E-state index contributed by atoms with van der Waals surface area (Å²) in [6.45, 7) is 8.59. The first-order valence-corrected chi connectivity index (χ1v) is 7.46. The van der Waals surface area contributed by atoms with Gasteiger partial charge in [0, 0.05) is 17.1 Å². The van der Waals surface area contributed by atoms with Crippen molar-refractivity contribution in [2.45, 2.75) is 26.7 Å². The van der Waals surface area contributed by atoms with E-state index in [-0.39, 0.29) is 0 Å². The molecule has 1 aliphatic heterocycles. The van der Waals surface area contributed by atoms with Crippen LogP contribution in [-0.2, 0) is 0 Å². The first kappa shape index (κ1) is 15.7. The van der Waals surface area contributed by atoms with Gasteiger partial charge >= 0.3 is 0 Å². The lowest BCUT2D eigenvalue weighted by molar-refractivity contribution is 0.145. The Labute approximate surface area is 126 Å². The molecule has 1 aromatic carbocycles. The van der Waals surface area contributed by atoms with Crippen molar-refractivity contribution in [3.05, 3.63) is 40.6 Å². The summed E-state index contributed by atoms with van der Waals surface area (Å²) in [6.07, 6.45) is 2.40. The second-order valence-electron chi connectivity index (χ2n) is 5.92. The van der Waals surface area contributed by atoms with Gasteiger partial charge in [-0.25, -0.2) is 0 Å². The Morgan fingerprint density at radius 1 is 1.29 bits per heavy atom. The highest BCUT2D eigenvalue weighted by Gasteiger charge is 2.20. The van der Waals surface area contributed by atoms with E-state index in [1.54, 1.807) is 12.1 Å². The van der Waals surface area contributed by atoms with Crippen molar-refractivity contribution in [1.82, 2.24) is 4.90 Å². The molecule has 1 radical (unpaired) electrons. The van der Waals surface area contributed by atoms with Gasteiger partial charge in [0.2, 0.25) is 0 Å². The van der Waals surface area contributed by atoms with Gasteiger partial charge in [-0.2, -0.15) is 0 Å². The summed E-state index contributed by atoms with van der Waals surface area (Å²) in [6, 6.07) is 7.26. The molecule has 0 unspecified atom stereocenters. The fraction of sp³-hybridized carbons (Fsp3) is 0.562. The highest BCUT2D eigenvalue weighted by Crippen LogP contribution is 2.22. The molecule has 0 amide bonds. The lowest BCUT2D eigenvalue weighted by Crippen LogP contribution is -2.37. The number of rotatable bonds is 6. The Hall–Kier alpha value is -1.71. The topological polar surface area (TPSA) is 61.2 Å². The zero-order chi connectivity index (χ0) is 15.1. The van der Waals surface area contributed by atoms with Crippen LogP contribution < -0.4 is 4.74 Å². The van der Waals surface area contributed by atoms with E-state index in [1.165, 1.54) is 18.8 Å². The number of benzene rings is 1. The monoisotopic (exact) mass is 287 g/mol. The molecule has 0 bridgehead atoms. The van der Waals surface area contributed by atoms with Gasteiger partial charge in [-0.05, 0) is 67.6 Å². The van der Waals surface area contributed by atoms with Crippen LogP contribution in [0.4, 0.5) is 5.69 Å². The van der Waals surface area contributed by atoms with Gasteiger partial charge in [0.1, 0.15) is 5.75 Å². The van der Waals surface area contributed by atoms with E-state index in [1.807, 2.05) is 12.1 Å². The summed E-state index contributed by atoms with van der Waals surface area (Å²) < 4.78 is 5.84. The highest BCUT2D eigenvalue weighted by atomic mass is 16.5. The van der Waals surface area contributed by atoms with Gasteiger partial charge in [-0.1, -0.05) is 19.0 Å². The van der Waals surface area contributed by atoms with Gasteiger partial charge in [0.05, 0.1) is 6.61 Å². The van der Waals surface area contributed by atoms with Crippen molar-refractivity contribution in [3.63, 3.8) is 0 Å². The van der Waals surface area contributed by atoms with Crippen LogP contribution in [0.2, 0.25) is 0 Å². The maximum atomic E-state index is 8.36. The van der Waals surface area contributed by atoms with E-state index in [0.29, 0.717) is 11.6 Å². The third-order valence-electron chi connectivity index (χ3n) is 3.73. The van der Waals surface area contributed by atoms with Crippen LogP contribution >= 0.6 is 0 Å². The van der Waals surface area contributed by atoms with Crippen molar-refractivity contribution in [2.24, 2.45) is 11.0 Å². The predicted molar refractivity (Wildman–Crippen MR) is 84.5 cm³/mol. The van der Waals surface area contributed by atoms with Crippen molar-refractivity contribution in [2.75, 3.05) is 26.2 Å². The van der Waals surface area contributed by atoms with E-state index < -0.39 is 0 Å². The lowest BCUT2D eigenvalue weighted by atomic mass is 9.97. The molecule has 0 aliphatic carbocycles. The molecule has 1 heterocycles. The summed E-state index contributed by atoms with van der Waals surface area (Å²) in [7, 11) is 0. The van der Waals surface area contributed by atoms with Crippen molar-refractivity contribution in [3.8, 4) is 5.75 Å². The molecule has 1 saturated heterocycles. The normalized spacial score (nSPS) is 16.7. The first-order valence-electron chi connectivity index (χ1n) is 7.46. The molecule has 0 saturated carbocycles. The van der Waals surface area contributed by atoms with Gasteiger partial charge in [0.25, 0.3) is 0 Å². The number of hydrogen-bond donors (Lipinski definition) is 0. The lowest BCUT2D eigenvalue weighted by Gasteiger charge is -2.32. The number of hydrogen-bond acceptors (Lipinski definition) is 3. The molecular formula is C16H23N4O. The van der Waals surface area contributed by atoms with Crippen molar-refractivity contribution < 1.29 is 4.74 Å². The van der Waals surface area contributed by atoms with Crippen LogP contribution in [-0.4, -0.2) is 31.1 Å². The fourth-order valence-electron chi connectivity index (χ4n) is 2.63. The fourth-order valence-corrected chi connectivity index (χ4v) is 2.63. The molecule has 2 rings (SSSR count). The molecule has 0 spiro atoms. The number of nitrogens with zero attached hydrogens (tertiary/aromatic N) is 4. The predicted octanol–water partition coefficient (Wildman–Crippen LogP) is 4.33. The Balaban J connectivity index is 1.73. The Morgan fingerprint density at radius 3 is 2.52 bits per heavy atom. The van der Waals surface area contributed by atoms with Gasteiger partial charge < -0.3 is 9.64 Å². The van der Waals surface area contributed by atoms with Crippen LogP contribution in [0.1, 0.15) is 26.7 Å². The molecule has 113 valence electrons. The van der Waals surface area contributed by atoms with Gasteiger partial charge in [-0.3, -0.25) is 0 Å². The smallest absolute Gasteiger partial charge is 0.119 e. The minimum absolute atomic E-state index is 0.615. The highest BCUT2D eigenvalue weighted by molar-refractivity contribution is 5.40. The Bertz CT molecular complexity index is 472. The first-order chi connectivity index (χ1) is 10.2. The van der Waals surface area contributed by atoms with E-state index in [0.717, 1.165) is 32.0 Å². The Kier molecular flexibility index (Phi) is 5.90. The van der Waals surface area contributed by atoms with Crippen LogP contribution in [0.5, 0.6) is 5.75 Å².